The van der Waals surface area contributed by atoms with Crippen molar-refractivity contribution in [3.8, 4) is 12.1 Å². The van der Waals surface area contributed by atoms with E-state index in [0.717, 1.165) is 6.07 Å². The smallest absolute Gasteiger partial charge is 0.358 e. The van der Waals surface area contributed by atoms with Crippen LogP contribution in [0.5, 0.6) is 0 Å². The lowest BCUT2D eigenvalue weighted by molar-refractivity contribution is -0.389. The number of rotatable bonds is 3. The Morgan fingerprint density at radius 1 is 1.53 bits per heavy atom. The zero-order valence-electron chi connectivity index (χ0n) is 8.22. The molecule has 0 bridgehead atoms. The Labute approximate surface area is 93.9 Å². The van der Waals surface area contributed by atoms with Crippen LogP contribution in [-0.2, 0) is 6.42 Å². The first-order chi connectivity index (χ1) is 8.01. The van der Waals surface area contributed by atoms with E-state index in [4.69, 9.17) is 10.5 Å². The summed E-state index contributed by atoms with van der Waals surface area (Å²) < 4.78 is 25.3. The monoisotopic (exact) mass is 238 g/mol. The second-order valence-electron chi connectivity index (χ2n) is 2.91. The zero-order valence-corrected chi connectivity index (χ0v) is 8.22. The number of hydrogen-bond acceptors (Lipinski definition) is 5. The topological polar surface area (TPSA) is 104 Å². The first-order valence-electron chi connectivity index (χ1n) is 4.24. The minimum Gasteiger partial charge on any atom is -0.358 e. The molecule has 1 rings (SSSR count). The van der Waals surface area contributed by atoms with Crippen molar-refractivity contribution < 1.29 is 13.7 Å². The average molecular weight is 238 g/mol. The molecule has 0 radical (unpaired) electrons. The molecule has 6 nitrogen and oxygen atoms in total. The van der Waals surface area contributed by atoms with Gasteiger partial charge in [-0.2, -0.15) is 10.5 Å². The molecule has 0 spiro atoms. The molecule has 0 amide bonds. The highest BCUT2D eigenvalue weighted by Crippen LogP contribution is 2.28. The normalized spacial score (nSPS) is 9.71. The lowest BCUT2D eigenvalue weighted by Gasteiger charge is -2.04. The van der Waals surface area contributed by atoms with Gasteiger partial charge in [0.1, 0.15) is 6.07 Å². The predicted octanol–water partition coefficient (Wildman–Crippen LogP) is 1.87. The van der Waals surface area contributed by atoms with Crippen LogP contribution in [0.25, 0.3) is 0 Å². The van der Waals surface area contributed by atoms with Crippen LogP contribution < -0.4 is 0 Å². The molecule has 0 atom stereocenters. The Bertz CT molecular complexity index is 545. The summed E-state index contributed by atoms with van der Waals surface area (Å²) in [5, 5.41) is 27.5. The quantitative estimate of drug-likeness (QED) is 0.590. The van der Waals surface area contributed by atoms with E-state index < -0.39 is 34.8 Å². The van der Waals surface area contributed by atoms with Crippen molar-refractivity contribution in [2.24, 2.45) is 0 Å². The van der Waals surface area contributed by atoms with E-state index in [1.807, 2.05) is 0 Å². The summed E-state index contributed by atoms with van der Waals surface area (Å²) in [6.45, 7) is 0. The Morgan fingerprint density at radius 2 is 2.18 bits per heavy atom. The van der Waals surface area contributed by atoms with Gasteiger partial charge in [-0.25, -0.2) is 8.78 Å². The Hall–Kier alpha value is -2.61. The maximum Gasteiger partial charge on any atom is 0.365 e. The highest BCUT2D eigenvalue weighted by Gasteiger charge is 2.26. The van der Waals surface area contributed by atoms with E-state index in [0.29, 0.717) is 0 Å². The second kappa shape index (κ2) is 4.94. The first-order valence-corrected chi connectivity index (χ1v) is 4.24. The van der Waals surface area contributed by atoms with Gasteiger partial charge in [-0.15, -0.1) is 0 Å². The number of nitro groups is 1. The minimum absolute atomic E-state index is 0.249. The standard InChI is InChI=1S/C9H4F2N4O2/c10-9(11)8-5(1-2-12)3-7(15(16)17)14-6(8)4-13/h3,9H,1H2. The number of hydrogen-bond donors (Lipinski definition) is 0. The molecule has 1 heterocycles. The molecule has 0 unspecified atom stereocenters. The average Bonchev–Trinajstić information content (AvgIpc) is 2.27. The van der Waals surface area contributed by atoms with Crippen molar-refractivity contribution in [3.05, 3.63) is 33.0 Å². The van der Waals surface area contributed by atoms with Gasteiger partial charge in [0.2, 0.25) is 0 Å². The van der Waals surface area contributed by atoms with Crippen molar-refractivity contribution in [3.63, 3.8) is 0 Å². The summed E-state index contributed by atoms with van der Waals surface area (Å²) in [6, 6.07) is 3.75. The number of nitriles is 2. The Balaban J connectivity index is 3.53. The summed E-state index contributed by atoms with van der Waals surface area (Å²) in [4.78, 5) is 12.8. The number of halogens is 2. The van der Waals surface area contributed by atoms with Crippen LogP contribution >= 0.6 is 0 Å². The van der Waals surface area contributed by atoms with Crippen LogP contribution in [0.3, 0.4) is 0 Å². The predicted molar refractivity (Wildman–Crippen MR) is 49.9 cm³/mol. The largest absolute Gasteiger partial charge is 0.365 e. The summed E-state index contributed by atoms with van der Waals surface area (Å²) in [5.74, 6) is -0.726. The van der Waals surface area contributed by atoms with Crippen LogP contribution in [0.2, 0.25) is 0 Å². The molecule has 8 heteroatoms. The van der Waals surface area contributed by atoms with Crippen LogP contribution in [0.1, 0.15) is 23.2 Å². The van der Waals surface area contributed by atoms with Gasteiger partial charge in [0.15, 0.2) is 0 Å². The summed E-state index contributed by atoms with van der Waals surface area (Å²) in [7, 11) is 0. The molecule has 0 aliphatic carbocycles. The number of nitrogens with zero attached hydrogens (tertiary/aromatic N) is 4. The number of alkyl halides is 2. The minimum atomic E-state index is -3.01. The molecule has 0 aliphatic rings. The van der Waals surface area contributed by atoms with Gasteiger partial charge in [-0.05, 0) is 15.5 Å². The molecule has 0 fully saturated rings. The van der Waals surface area contributed by atoms with Crippen LogP contribution in [0.15, 0.2) is 6.07 Å². The van der Waals surface area contributed by atoms with E-state index in [-0.39, 0.29) is 5.56 Å². The van der Waals surface area contributed by atoms with Crippen LogP contribution in [0, 0.1) is 32.8 Å². The molecule has 0 saturated carbocycles. The van der Waals surface area contributed by atoms with Crippen molar-refractivity contribution in [1.82, 2.24) is 4.98 Å². The van der Waals surface area contributed by atoms with Crippen molar-refractivity contribution in [2.45, 2.75) is 12.8 Å². The molecule has 86 valence electrons. The van der Waals surface area contributed by atoms with Crippen molar-refractivity contribution >= 4 is 5.82 Å². The third kappa shape index (κ3) is 2.49. The fourth-order valence-corrected chi connectivity index (χ4v) is 1.25. The lowest BCUT2D eigenvalue weighted by Crippen LogP contribution is -2.04. The fourth-order valence-electron chi connectivity index (χ4n) is 1.25. The Morgan fingerprint density at radius 3 is 2.59 bits per heavy atom. The molecular weight excluding hydrogens is 234 g/mol. The first kappa shape index (κ1) is 12.5. The highest BCUT2D eigenvalue weighted by atomic mass is 19.3. The molecule has 17 heavy (non-hydrogen) atoms. The molecule has 0 N–H and O–H groups in total. The molecule has 1 aromatic rings. The maximum absolute atomic E-state index is 12.7. The molecule has 0 aliphatic heterocycles. The summed E-state index contributed by atoms with van der Waals surface area (Å²) in [5.41, 5.74) is -1.69. The van der Waals surface area contributed by atoms with Gasteiger partial charge in [0.05, 0.1) is 18.1 Å². The van der Waals surface area contributed by atoms with Crippen LogP contribution in [-0.4, -0.2) is 9.91 Å². The molecule has 0 saturated heterocycles. The number of pyridine rings is 1. The third-order valence-corrected chi connectivity index (χ3v) is 1.91. The van der Waals surface area contributed by atoms with Gasteiger partial charge < -0.3 is 10.1 Å². The SMILES string of the molecule is N#CCc1cc([N+](=O)[O-])nc(C#N)c1C(F)F. The Kier molecular flexibility index (Phi) is 3.62. The second-order valence-corrected chi connectivity index (χ2v) is 2.91. The van der Waals surface area contributed by atoms with Gasteiger partial charge in [0.25, 0.3) is 12.1 Å². The van der Waals surface area contributed by atoms with E-state index in [1.54, 1.807) is 6.07 Å². The molecular formula is C9H4F2N4O2. The highest BCUT2D eigenvalue weighted by molar-refractivity contribution is 5.45. The molecule has 1 aromatic heterocycles. The third-order valence-electron chi connectivity index (χ3n) is 1.91. The zero-order chi connectivity index (χ0) is 13.0. The van der Waals surface area contributed by atoms with Crippen LogP contribution in [0.4, 0.5) is 14.6 Å². The van der Waals surface area contributed by atoms with E-state index in [9.17, 15) is 18.9 Å². The maximum atomic E-state index is 12.7. The van der Waals surface area contributed by atoms with E-state index in [2.05, 4.69) is 4.98 Å². The molecule has 0 aromatic carbocycles. The van der Waals surface area contributed by atoms with Gasteiger partial charge in [-0.1, -0.05) is 0 Å². The van der Waals surface area contributed by atoms with Gasteiger partial charge in [-0.3, -0.25) is 0 Å². The van der Waals surface area contributed by atoms with Crippen molar-refractivity contribution in [2.75, 3.05) is 0 Å². The fraction of sp³-hybridized carbons (Fsp3) is 0.222. The summed E-state index contributed by atoms with van der Waals surface area (Å²) in [6.07, 6.45) is -3.46. The van der Waals surface area contributed by atoms with Gasteiger partial charge in [0, 0.05) is 6.07 Å². The lowest BCUT2D eigenvalue weighted by atomic mass is 10.0. The number of aromatic nitrogens is 1. The van der Waals surface area contributed by atoms with E-state index in [1.165, 1.54) is 6.07 Å². The van der Waals surface area contributed by atoms with Crippen molar-refractivity contribution in [1.29, 1.82) is 10.5 Å². The van der Waals surface area contributed by atoms with Gasteiger partial charge >= 0.3 is 5.82 Å². The summed E-state index contributed by atoms with van der Waals surface area (Å²) >= 11 is 0. The van der Waals surface area contributed by atoms with E-state index >= 15 is 0 Å².